The second-order valence-corrected chi connectivity index (χ2v) is 4.76. The number of rotatable bonds is 4. The number of nitrogens with zero attached hydrogens (tertiary/aromatic N) is 2. The van der Waals surface area contributed by atoms with Gasteiger partial charge < -0.3 is 9.73 Å². The first kappa shape index (κ1) is 10.4. The molecule has 0 saturated carbocycles. The van der Waals surface area contributed by atoms with Crippen LogP contribution in [0.3, 0.4) is 0 Å². The molecule has 0 unspecified atom stereocenters. The maximum Gasteiger partial charge on any atom is 0.180 e. The van der Waals surface area contributed by atoms with Crippen molar-refractivity contribution in [1.82, 2.24) is 15.3 Å². The van der Waals surface area contributed by atoms with Crippen molar-refractivity contribution in [2.24, 2.45) is 0 Å². The first-order valence-corrected chi connectivity index (χ1v) is 6.16. The molecule has 0 amide bonds. The first-order chi connectivity index (χ1) is 8.42. The van der Waals surface area contributed by atoms with Crippen LogP contribution in [0.1, 0.15) is 10.8 Å². The van der Waals surface area contributed by atoms with Gasteiger partial charge in [0.25, 0.3) is 0 Å². The highest BCUT2D eigenvalue weighted by atomic mass is 32.1. The predicted octanol–water partition coefficient (Wildman–Crippen LogP) is 2.57. The molecule has 0 atom stereocenters. The topological polar surface area (TPSA) is 51.0 Å². The normalized spacial score (nSPS) is 11.1. The van der Waals surface area contributed by atoms with E-state index in [0.717, 1.165) is 22.8 Å². The Morgan fingerprint density at radius 2 is 2.18 bits per heavy atom. The molecule has 4 nitrogen and oxygen atoms in total. The van der Waals surface area contributed by atoms with Gasteiger partial charge in [-0.2, -0.15) is 0 Å². The lowest BCUT2D eigenvalue weighted by Crippen LogP contribution is -2.11. The Hall–Kier alpha value is -1.72. The number of para-hydroxylation sites is 1. The van der Waals surface area contributed by atoms with Gasteiger partial charge in [0, 0.05) is 6.54 Å². The Bertz CT molecular complexity index is 570. The summed E-state index contributed by atoms with van der Waals surface area (Å²) in [4.78, 5) is 8.40. The largest absolute Gasteiger partial charge is 0.447 e. The minimum absolute atomic E-state index is 0.677. The van der Waals surface area contributed by atoms with E-state index < -0.39 is 0 Å². The van der Waals surface area contributed by atoms with Crippen LogP contribution in [-0.4, -0.2) is 9.97 Å². The van der Waals surface area contributed by atoms with Gasteiger partial charge in [0.15, 0.2) is 6.39 Å². The molecule has 17 heavy (non-hydrogen) atoms. The molecule has 3 rings (SSSR count). The van der Waals surface area contributed by atoms with E-state index in [1.165, 1.54) is 11.1 Å². The van der Waals surface area contributed by atoms with Gasteiger partial charge in [0.2, 0.25) is 0 Å². The standard InChI is InChI=1S/C12H11N3OS/c1-2-4-11-10(3-1)15-12(17-11)7-13-5-9-6-14-8-16-9/h1-4,6,8,13H,5,7H2. The van der Waals surface area contributed by atoms with E-state index in [0.29, 0.717) is 6.54 Å². The Balaban J connectivity index is 1.65. The summed E-state index contributed by atoms with van der Waals surface area (Å²) in [6.07, 6.45) is 3.15. The molecule has 0 bridgehead atoms. The summed E-state index contributed by atoms with van der Waals surface area (Å²) in [5, 5.41) is 4.37. The van der Waals surface area contributed by atoms with Crippen molar-refractivity contribution >= 4 is 21.6 Å². The van der Waals surface area contributed by atoms with Crippen LogP contribution < -0.4 is 5.32 Å². The molecule has 0 fully saturated rings. The predicted molar refractivity (Wildman–Crippen MR) is 66.7 cm³/mol. The third-order valence-electron chi connectivity index (χ3n) is 2.40. The maximum absolute atomic E-state index is 5.14. The molecule has 0 spiro atoms. The summed E-state index contributed by atoms with van der Waals surface area (Å²) in [5.74, 6) is 0.839. The number of nitrogens with one attached hydrogen (secondary N) is 1. The molecule has 86 valence electrons. The number of oxazole rings is 1. The fourth-order valence-corrected chi connectivity index (χ4v) is 2.55. The highest BCUT2D eigenvalue weighted by molar-refractivity contribution is 7.18. The molecule has 5 heteroatoms. The highest BCUT2D eigenvalue weighted by Gasteiger charge is 2.03. The van der Waals surface area contributed by atoms with Crippen LogP contribution in [0, 0.1) is 0 Å². The molecule has 1 aromatic carbocycles. The van der Waals surface area contributed by atoms with Crippen molar-refractivity contribution in [3.63, 3.8) is 0 Å². The van der Waals surface area contributed by atoms with Crippen LogP contribution >= 0.6 is 11.3 Å². The number of benzene rings is 1. The van der Waals surface area contributed by atoms with Crippen LogP contribution in [0.15, 0.2) is 41.3 Å². The van der Waals surface area contributed by atoms with Gasteiger partial charge in [-0.3, -0.25) is 0 Å². The number of hydrogen-bond donors (Lipinski definition) is 1. The van der Waals surface area contributed by atoms with E-state index in [1.54, 1.807) is 17.5 Å². The van der Waals surface area contributed by atoms with Gasteiger partial charge in [0.1, 0.15) is 10.8 Å². The molecule has 3 aromatic rings. The number of hydrogen-bond acceptors (Lipinski definition) is 5. The van der Waals surface area contributed by atoms with Crippen molar-refractivity contribution in [1.29, 1.82) is 0 Å². The molecule has 2 heterocycles. The van der Waals surface area contributed by atoms with E-state index in [-0.39, 0.29) is 0 Å². The van der Waals surface area contributed by atoms with Crippen molar-refractivity contribution < 1.29 is 4.42 Å². The minimum atomic E-state index is 0.677. The van der Waals surface area contributed by atoms with Gasteiger partial charge in [-0.1, -0.05) is 12.1 Å². The quantitative estimate of drug-likeness (QED) is 0.767. The second-order valence-electron chi connectivity index (χ2n) is 3.65. The van der Waals surface area contributed by atoms with Crippen molar-refractivity contribution in [3.05, 3.63) is 47.6 Å². The van der Waals surface area contributed by atoms with Gasteiger partial charge in [-0.05, 0) is 12.1 Å². The molecular weight excluding hydrogens is 234 g/mol. The second kappa shape index (κ2) is 4.65. The minimum Gasteiger partial charge on any atom is -0.447 e. The lowest BCUT2D eigenvalue weighted by atomic mass is 10.3. The van der Waals surface area contributed by atoms with Gasteiger partial charge in [-0.15, -0.1) is 11.3 Å². The molecule has 0 saturated heterocycles. The SMILES string of the molecule is c1ccc2sc(CNCc3cnco3)nc2c1. The van der Waals surface area contributed by atoms with Crippen LogP contribution in [0.4, 0.5) is 0 Å². The molecule has 0 aliphatic rings. The third-order valence-corrected chi connectivity index (χ3v) is 3.43. The van der Waals surface area contributed by atoms with E-state index >= 15 is 0 Å². The Morgan fingerprint density at radius 3 is 3.00 bits per heavy atom. The zero-order valence-corrected chi connectivity index (χ0v) is 9.91. The third kappa shape index (κ3) is 2.35. The van der Waals surface area contributed by atoms with Crippen LogP contribution in [0.2, 0.25) is 0 Å². The molecule has 0 aliphatic heterocycles. The molecular formula is C12H11N3OS. The van der Waals surface area contributed by atoms with Gasteiger partial charge in [-0.25, -0.2) is 9.97 Å². The first-order valence-electron chi connectivity index (χ1n) is 5.34. The van der Waals surface area contributed by atoms with E-state index in [4.69, 9.17) is 4.42 Å². The van der Waals surface area contributed by atoms with Crippen LogP contribution in [0.25, 0.3) is 10.2 Å². The van der Waals surface area contributed by atoms with Gasteiger partial charge >= 0.3 is 0 Å². The number of aromatic nitrogens is 2. The molecule has 1 N–H and O–H groups in total. The summed E-state index contributed by atoms with van der Waals surface area (Å²) in [5.41, 5.74) is 1.06. The monoisotopic (exact) mass is 245 g/mol. The Labute approximate surface area is 102 Å². The summed E-state index contributed by atoms with van der Waals surface area (Å²) in [6, 6.07) is 8.17. The van der Waals surface area contributed by atoms with Crippen LogP contribution in [0.5, 0.6) is 0 Å². The zero-order chi connectivity index (χ0) is 11.5. The average Bonchev–Trinajstić information content (AvgIpc) is 2.96. The Morgan fingerprint density at radius 1 is 1.24 bits per heavy atom. The highest BCUT2D eigenvalue weighted by Crippen LogP contribution is 2.21. The summed E-state index contributed by atoms with van der Waals surface area (Å²) in [6.45, 7) is 1.43. The summed E-state index contributed by atoms with van der Waals surface area (Å²) < 4.78 is 6.37. The fraction of sp³-hybridized carbons (Fsp3) is 0.167. The van der Waals surface area contributed by atoms with E-state index in [9.17, 15) is 0 Å². The van der Waals surface area contributed by atoms with Crippen molar-refractivity contribution in [3.8, 4) is 0 Å². The number of fused-ring (bicyclic) bond motifs is 1. The fourth-order valence-electron chi connectivity index (χ4n) is 1.62. The summed E-state index contributed by atoms with van der Waals surface area (Å²) in [7, 11) is 0. The van der Waals surface area contributed by atoms with E-state index in [2.05, 4.69) is 21.4 Å². The average molecular weight is 245 g/mol. The summed E-state index contributed by atoms with van der Waals surface area (Å²) >= 11 is 1.71. The van der Waals surface area contributed by atoms with Gasteiger partial charge in [0.05, 0.1) is 23.0 Å². The molecule has 2 aromatic heterocycles. The lowest BCUT2D eigenvalue weighted by molar-refractivity contribution is 0.479. The Kier molecular flexibility index (Phi) is 2.85. The maximum atomic E-state index is 5.14. The lowest BCUT2D eigenvalue weighted by Gasteiger charge is -1.97. The van der Waals surface area contributed by atoms with Crippen LogP contribution in [-0.2, 0) is 13.1 Å². The van der Waals surface area contributed by atoms with E-state index in [1.807, 2.05) is 18.2 Å². The van der Waals surface area contributed by atoms with Crippen molar-refractivity contribution in [2.75, 3.05) is 0 Å². The zero-order valence-electron chi connectivity index (χ0n) is 9.09. The smallest absolute Gasteiger partial charge is 0.180 e. The van der Waals surface area contributed by atoms with Crippen molar-refractivity contribution in [2.45, 2.75) is 13.1 Å². The number of thiazole rings is 1. The molecule has 0 radical (unpaired) electrons. The molecule has 0 aliphatic carbocycles.